The van der Waals surface area contributed by atoms with Crippen LogP contribution < -0.4 is 10.6 Å². The number of carbonyl (C=O) groups is 2. The highest BCUT2D eigenvalue weighted by molar-refractivity contribution is 7.99. The van der Waals surface area contributed by atoms with Crippen LogP contribution in [0.2, 0.25) is 0 Å². The van der Waals surface area contributed by atoms with Gasteiger partial charge < -0.3 is 14.5 Å². The molecule has 8 nitrogen and oxygen atoms in total. The quantitative estimate of drug-likeness (QED) is 0.510. The molecule has 0 atom stereocenters. The summed E-state index contributed by atoms with van der Waals surface area (Å²) in [4.78, 5) is 23.3. The Balaban J connectivity index is 1.70. The van der Waals surface area contributed by atoms with E-state index in [1.807, 2.05) is 38.1 Å². The van der Waals surface area contributed by atoms with E-state index in [0.29, 0.717) is 32.1 Å². The zero-order valence-electron chi connectivity index (χ0n) is 14.8. The summed E-state index contributed by atoms with van der Waals surface area (Å²) in [6.45, 7) is 5.55. The lowest BCUT2D eigenvalue weighted by atomic mass is 10.1. The van der Waals surface area contributed by atoms with Gasteiger partial charge in [0.2, 0.25) is 11.8 Å². The number of thioether (sulfide) groups is 1. The number of urea groups is 1. The van der Waals surface area contributed by atoms with Gasteiger partial charge in [-0.15, -0.1) is 10.2 Å². The van der Waals surface area contributed by atoms with Gasteiger partial charge in [-0.1, -0.05) is 29.5 Å². The van der Waals surface area contributed by atoms with Gasteiger partial charge in [-0.3, -0.25) is 10.1 Å². The Kier molecular flexibility index (Phi) is 8.10. The van der Waals surface area contributed by atoms with Gasteiger partial charge in [0.1, 0.15) is 0 Å². The standard InChI is InChI=1S/C17H22N4O4S/c1-3-24-10-4-9-18-16(23)19-14(22)11-26-17-21-20-15(25-17)13-7-5-12(2)6-8-13/h5-8H,3-4,9-11H2,1-2H3,(H2,18,19,22,23). The summed E-state index contributed by atoms with van der Waals surface area (Å²) in [5, 5.41) is 13.0. The molecule has 0 aliphatic carbocycles. The van der Waals surface area contributed by atoms with E-state index >= 15 is 0 Å². The van der Waals surface area contributed by atoms with E-state index in [1.165, 1.54) is 0 Å². The predicted molar refractivity (Wildman–Crippen MR) is 97.8 cm³/mol. The Morgan fingerprint density at radius 3 is 2.73 bits per heavy atom. The van der Waals surface area contributed by atoms with Gasteiger partial charge in [-0.25, -0.2) is 4.79 Å². The molecule has 0 spiro atoms. The number of benzene rings is 1. The number of hydrogen-bond donors (Lipinski definition) is 2. The summed E-state index contributed by atoms with van der Waals surface area (Å²) in [5.74, 6) is -0.0469. The maximum atomic E-state index is 11.8. The van der Waals surface area contributed by atoms with E-state index in [0.717, 1.165) is 22.9 Å². The lowest BCUT2D eigenvalue weighted by Crippen LogP contribution is -2.40. The number of aryl methyl sites for hydroxylation is 1. The molecule has 0 radical (unpaired) electrons. The monoisotopic (exact) mass is 378 g/mol. The number of amides is 3. The molecule has 2 rings (SSSR count). The van der Waals surface area contributed by atoms with Crippen molar-refractivity contribution < 1.29 is 18.7 Å². The molecule has 3 amide bonds. The first-order valence-electron chi connectivity index (χ1n) is 8.27. The topological polar surface area (TPSA) is 106 Å². The van der Waals surface area contributed by atoms with Crippen LogP contribution in [0.15, 0.2) is 33.9 Å². The molecular weight excluding hydrogens is 356 g/mol. The van der Waals surface area contributed by atoms with Crippen molar-refractivity contribution in [3.8, 4) is 11.5 Å². The fourth-order valence-electron chi connectivity index (χ4n) is 1.94. The zero-order chi connectivity index (χ0) is 18.8. The van der Waals surface area contributed by atoms with Crippen molar-refractivity contribution >= 4 is 23.7 Å². The molecule has 0 bridgehead atoms. The van der Waals surface area contributed by atoms with E-state index in [4.69, 9.17) is 9.15 Å². The molecule has 1 aromatic carbocycles. The summed E-state index contributed by atoms with van der Waals surface area (Å²) >= 11 is 1.07. The molecule has 0 aliphatic heterocycles. The van der Waals surface area contributed by atoms with E-state index in [-0.39, 0.29) is 11.0 Å². The van der Waals surface area contributed by atoms with Crippen LogP contribution in [-0.4, -0.2) is 47.6 Å². The molecule has 0 fully saturated rings. The highest BCUT2D eigenvalue weighted by atomic mass is 32.2. The summed E-state index contributed by atoms with van der Waals surface area (Å²) < 4.78 is 10.7. The summed E-state index contributed by atoms with van der Waals surface area (Å²) in [5.41, 5.74) is 1.95. The molecule has 0 unspecified atom stereocenters. The van der Waals surface area contributed by atoms with Crippen LogP contribution in [0.3, 0.4) is 0 Å². The second-order valence-corrected chi connectivity index (χ2v) is 6.31. The highest BCUT2D eigenvalue weighted by Crippen LogP contribution is 2.23. The third kappa shape index (κ3) is 6.85. The first-order chi connectivity index (χ1) is 12.6. The Hall–Kier alpha value is -2.39. The van der Waals surface area contributed by atoms with Crippen molar-refractivity contribution in [3.05, 3.63) is 29.8 Å². The lowest BCUT2D eigenvalue weighted by Gasteiger charge is -2.06. The molecule has 9 heteroatoms. The van der Waals surface area contributed by atoms with E-state index in [9.17, 15) is 9.59 Å². The van der Waals surface area contributed by atoms with Gasteiger partial charge in [-0.05, 0) is 32.4 Å². The largest absolute Gasteiger partial charge is 0.411 e. The fraction of sp³-hybridized carbons (Fsp3) is 0.412. The smallest absolute Gasteiger partial charge is 0.321 e. The Morgan fingerprint density at radius 1 is 1.23 bits per heavy atom. The molecule has 0 saturated carbocycles. The molecule has 1 aromatic heterocycles. The molecule has 0 aliphatic rings. The van der Waals surface area contributed by atoms with Crippen molar-refractivity contribution in [2.24, 2.45) is 0 Å². The fourth-order valence-corrected chi connectivity index (χ4v) is 2.50. The third-order valence-electron chi connectivity index (χ3n) is 3.24. The molecule has 0 saturated heterocycles. The Labute approximate surface area is 156 Å². The summed E-state index contributed by atoms with van der Waals surface area (Å²) in [7, 11) is 0. The normalized spacial score (nSPS) is 10.5. The van der Waals surface area contributed by atoms with Gasteiger partial charge in [0.05, 0.1) is 5.75 Å². The number of carbonyl (C=O) groups excluding carboxylic acids is 2. The van der Waals surface area contributed by atoms with Gasteiger partial charge in [0, 0.05) is 25.3 Å². The number of nitrogens with one attached hydrogen (secondary N) is 2. The molecule has 2 N–H and O–H groups in total. The van der Waals surface area contributed by atoms with Crippen molar-refractivity contribution in [2.45, 2.75) is 25.5 Å². The zero-order valence-corrected chi connectivity index (χ0v) is 15.6. The molecule has 1 heterocycles. The maximum absolute atomic E-state index is 11.8. The van der Waals surface area contributed by atoms with Crippen LogP contribution in [-0.2, 0) is 9.53 Å². The summed E-state index contributed by atoms with van der Waals surface area (Å²) in [6, 6.07) is 7.15. The summed E-state index contributed by atoms with van der Waals surface area (Å²) in [6.07, 6.45) is 0.688. The number of rotatable bonds is 9. The highest BCUT2D eigenvalue weighted by Gasteiger charge is 2.12. The first kappa shape index (κ1) is 19.9. The predicted octanol–water partition coefficient (Wildman–Crippen LogP) is 2.39. The first-order valence-corrected chi connectivity index (χ1v) is 9.26. The van der Waals surface area contributed by atoms with Crippen molar-refractivity contribution in [1.82, 2.24) is 20.8 Å². The van der Waals surface area contributed by atoms with Crippen LogP contribution in [0.5, 0.6) is 0 Å². The van der Waals surface area contributed by atoms with Gasteiger partial charge in [-0.2, -0.15) is 0 Å². The van der Waals surface area contributed by atoms with Crippen molar-refractivity contribution in [2.75, 3.05) is 25.5 Å². The molecule has 140 valence electrons. The second kappa shape index (κ2) is 10.6. The van der Waals surface area contributed by atoms with Crippen LogP contribution in [0, 0.1) is 6.92 Å². The third-order valence-corrected chi connectivity index (χ3v) is 4.06. The molecule has 2 aromatic rings. The van der Waals surface area contributed by atoms with E-state index in [2.05, 4.69) is 20.8 Å². The maximum Gasteiger partial charge on any atom is 0.321 e. The van der Waals surface area contributed by atoms with Crippen LogP contribution in [0.1, 0.15) is 18.9 Å². The van der Waals surface area contributed by atoms with Crippen LogP contribution >= 0.6 is 11.8 Å². The lowest BCUT2D eigenvalue weighted by molar-refractivity contribution is -0.117. The van der Waals surface area contributed by atoms with E-state index in [1.54, 1.807) is 0 Å². The SMILES string of the molecule is CCOCCCNC(=O)NC(=O)CSc1nnc(-c2ccc(C)cc2)o1. The number of hydrogen-bond acceptors (Lipinski definition) is 7. The van der Waals surface area contributed by atoms with Crippen LogP contribution in [0.4, 0.5) is 4.79 Å². The minimum Gasteiger partial charge on any atom is -0.411 e. The van der Waals surface area contributed by atoms with E-state index < -0.39 is 11.9 Å². The van der Waals surface area contributed by atoms with Gasteiger partial charge in [0.25, 0.3) is 5.22 Å². The number of aromatic nitrogens is 2. The average molecular weight is 378 g/mol. The van der Waals surface area contributed by atoms with Crippen LogP contribution in [0.25, 0.3) is 11.5 Å². The number of imide groups is 1. The van der Waals surface area contributed by atoms with Gasteiger partial charge in [0.15, 0.2) is 0 Å². The molecule has 26 heavy (non-hydrogen) atoms. The van der Waals surface area contributed by atoms with Crippen molar-refractivity contribution in [1.29, 1.82) is 0 Å². The van der Waals surface area contributed by atoms with Crippen molar-refractivity contribution in [3.63, 3.8) is 0 Å². The minimum absolute atomic E-state index is 0.00188. The Bertz CT molecular complexity index is 718. The minimum atomic E-state index is -0.530. The second-order valence-electron chi connectivity index (χ2n) is 5.38. The Morgan fingerprint density at radius 2 is 2.00 bits per heavy atom. The average Bonchev–Trinajstić information content (AvgIpc) is 3.09. The molecular formula is C17H22N4O4S. The van der Waals surface area contributed by atoms with Gasteiger partial charge >= 0.3 is 6.03 Å². The number of ether oxygens (including phenoxy) is 1. The number of nitrogens with zero attached hydrogens (tertiary/aromatic N) is 2.